The van der Waals surface area contributed by atoms with Gasteiger partial charge in [0.1, 0.15) is 5.75 Å². The molecule has 0 aliphatic rings. The SMILES string of the molecule is COc1cccc(CN(C)S(=O)(=O)CC#N)c1. The Morgan fingerprint density at radius 1 is 1.47 bits per heavy atom. The van der Waals surface area contributed by atoms with E-state index in [1.165, 1.54) is 7.05 Å². The van der Waals surface area contributed by atoms with Crippen LogP contribution in [-0.2, 0) is 16.6 Å². The molecule has 0 amide bonds. The van der Waals surface area contributed by atoms with Crippen LogP contribution in [0.1, 0.15) is 5.56 Å². The van der Waals surface area contributed by atoms with Crippen LogP contribution in [-0.4, -0.2) is 32.6 Å². The number of nitrogens with zero attached hydrogens (tertiary/aromatic N) is 2. The molecule has 6 heteroatoms. The van der Waals surface area contributed by atoms with Gasteiger partial charge in [0.2, 0.25) is 10.0 Å². The molecular weight excluding hydrogens is 240 g/mol. The molecule has 0 N–H and O–H groups in total. The van der Waals surface area contributed by atoms with Crippen LogP contribution in [0.15, 0.2) is 24.3 Å². The molecule has 0 aliphatic heterocycles. The van der Waals surface area contributed by atoms with Crippen LogP contribution in [0.25, 0.3) is 0 Å². The monoisotopic (exact) mass is 254 g/mol. The highest BCUT2D eigenvalue weighted by molar-refractivity contribution is 7.89. The summed E-state index contributed by atoms with van der Waals surface area (Å²) in [6, 6.07) is 8.79. The fraction of sp³-hybridized carbons (Fsp3) is 0.364. The minimum Gasteiger partial charge on any atom is -0.497 e. The second-order valence-corrected chi connectivity index (χ2v) is 5.60. The molecule has 0 aromatic heterocycles. The van der Waals surface area contributed by atoms with Crippen LogP contribution < -0.4 is 4.74 Å². The molecule has 0 bridgehead atoms. The van der Waals surface area contributed by atoms with Crippen LogP contribution in [0.2, 0.25) is 0 Å². The number of ether oxygens (including phenoxy) is 1. The van der Waals surface area contributed by atoms with Crippen molar-refractivity contribution < 1.29 is 13.2 Å². The van der Waals surface area contributed by atoms with E-state index in [4.69, 9.17) is 10.00 Å². The molecule has 0 unspecified atom stereocenters. The Morgan fingerprint density at radius 2 is 2.18 bits per heavy atom. The average Bonchev–Trinajstić information content (AvgIpc) is 2.29. The van der Waals surface area contributed by atoms with Gasteiger partial charge in [0, 0.05) is 13.6 Å². The number of sulfonamides is 1. The Morgan fingerprint density at radius 3 is 2.76 bits per heavy atom. The van der Waals surface area contributed by atoms with E-state index in [1.807, 2.05) is 0 Å². The van der Waals surface area contributed by atoms with Crippen molar-refractivity contribution in [3.05, 3.63) is 29.8 Å². The summed E-state index contributed by atoms with van der Waals surface area (Å²) < 4.78 is 29.3. The molecule has 1 rings (SSSR count). The highest BCUT2D eigenvalue weighted by Gasteiger charge is 2.17. The van der Waals surface area contributed by atoms with Crippen LogP contribution >= 0.6 is 0 Å². The van der Waals surface area contributed by atoms with E-state index in [0.717, 1.165) is 9.87 Å². The van der Waals surface area contributed by atoms with Gasteiger partial charge in [0.05, 0.1) is 13.2 Å². The zero-order chi connectivity index (χ0) is 12.9. The third kappa shape index (κ3) is 3.73. The normalized spacial score (nSPS) is 11.2. The molecule has 0 aliphatic carbocycles. The van der Waals surface area contributed by atoms with Gasteiger partial charge >= 0.3 is 0 Å². The topological polar surface area (TPSA) is 70.4 Å². The molecule has 0 saturated carbocycles. The molecule has 1 aromatic rings. The first-order chi connectivity index (χ1) is 7.99. The Bertz CT molecular complexity index is 520. The number of benzene rings is 1. The molecule has 0 atom stereocenters. The maximum absolute atomic E-state index is 11.6. The smallest absolute Gasteiger partial charge is 0.227 e. The van der Waals surface area contributed by atoms with Crippen molar-refractivity contribution in [2.24, 2.45) is 0 Å². The summed E-state index contributed by atoms with van der Waals surface area (Å²) in [5, 5.41) is 8.42. The van der Waals surface area contributed by atoms with Gasteiger partial charge in [-0.3, -0.25) is 0 Å². The minimum atomic E-state index is -3.50. The van der Waals surface area contributed by atoms with E-state index in [9.17, 15) is 8.42 Å². The summed E-state index contributed by atoms with van der Waals surface area (Å²) >= 11 is 0. The van der Waals surface area contributed by atoms with Crippen molar-refractivity contribution in [2.45, 2.75) is 6.54 Å². The highest BCUT2D eigenvalue weighted by Crippen LogP contribution is 2.15. The summed E-state index contributed by atoms with van der Waals surface area (Å²) in [5.74, 6) is 0.168. The first kappa shape index (κ1) is 13.5. The fourth-order valence-corrected chi connectivity index (χ4v) is 2.05. The Hall–Kier alpha value is -1.58. The van der Waals surface area contributed by atoms with Gasteiger partial charge in [0.15, 0.2) is 5.75 Å². The maximum Gasteiger partial charge on any atom is 0.227 e. The molecular formula is C11H14N2O3S. The number of hydrogen-bond donors (Lipinski definition) is 0. The van der Waals surface area contributed by atoms with Gasteiger partial charge in [-0.1, -0.05) is 12.1 Å². The zero-order valence-corrected chi connectivity index (χ0v) is 10.6. The lowest BCUT2D eigenvalue weighted by atomic mass is 10.2. The number of nitriles is 1. The summed E-state index contributed by atoms with van der Waals surface area (Å²) in [6.45, 7) is 0.223. The van der Waals surface area contributed by atoms with Crippen LogP contribution in [0.4, 0.5) is 0 Å². The second-order valence-electron chi connectivity index (χ2n) is 3.52. The molecule has 92 valence electrons. The molecule has 17 heavy (non-hydrogen) atoms. The fourth-order valence-electron chi connectivity index (χ4n) is 1.32. The quantitative estimate of drug-likeness (QED) is 0.785. The molecule has 0 radical (unpaired) electrons. The van der Waals surface area contributed by atoms with E-state index >= 15 is 0 Å². The Labute approximate surface area is 101 Å². The highest BCUT2D eigenvalue weighted by atomic mass is 32.2. The van der Waals surface area contributed by atoms with Gasteiger partial charge in [-0.25, -0.2) is 8.42 Å². The molecule has 0 fully saturated rings. The largest absolute Gasteiger partial charge is 0.497 e. The zero-order valence-electron chi connectivity index (χ0n) is 9.75. The predicted octanol–water partition coefficient (Wildman–Crippen LogP) is 0.980. The second kappa shape index (κ2) is 5.66. The standard InChI is InChI=1S/C11H14N2O3S/c1-13(17(14,15)7-6-12)9-10-4-3-5-11(8-10)16-2/h3-5,8H,7,9H2,1-2H3. The number of hydrogen-bond acceptors (Lipinski definition) is 4. The van der Waals surface area contributed by atoms with E-state index in [-0.39, 0.29) is 6.54 Å². The van der Waals surface area contributed by atoms with Crippen molar-refractivity contribution >= 4 is 10.0 Å². The first-order valence-corrected chi connectivity index (χ1v) is 6.54. The maximum atomic E-state index is 11.6. The molecule has 5 nitrogen and oxygen atoms in total. The van der Waals surface area contributed by atoms with Crippen molar-refractivity contribution in [1.29, 1.82) is 5.26 Å². The predicted molar refractivity (Wildman–Crippen MR) is 63.9 cm³/mol. The van der Waals surface area contributed by atoms with E-state index in [0.29, 0.717) is 5.75 Å². The van der Waals surface area contributed by atoms with Gasteiger partial charge in [-0.2, -0.15) is 9.57 Å². The summed E-state index contributed by atoms with van der Waals surface area (Å²) in [4.78, 5) is 0. The van der Waals surface area contributed by atoms with Crippen molar-refractivity contribution in [1.82, 2.24) is 4.31 Å². The average molecular weight is 254 g/mol. The van der Waals surface area contributed by atoms with E-state index in [1.54, 1.807) is 37.4 Å². The lowest BCUT2D eigenvalue weighted by Crippen LogP contribution is -2.28. The van der Waals surface area contributed by atoms with Crippen LogP contribution in [0.3, 0.4) is 0 Å². The minimum absolute atomic E-state index is 0.223. The van der Waals surface area contributed by atoms with Crippen LogP contribution in [0, 0.1) is 11.3 Å². The van der Waals surface area contributed by atoms with E-state index < -0.39 is 15.8 Å². The lowest BCUT2D eigenvalue weighted by molar-refractivity contribution is 0.412. The van der Waals surface area contributed by atoms with Gasteiger partial charge in [-0.05, 0) is 17.7 Å². The first-order valence-electron chi connectivity index (χ1n) is 4.93. The van der Waals surface area contributed by atoms with Gasteiger partial charge in [-0.15, -0.1) is 0 Å². The third-order valence-electron chi connectivity index (χ3n) is 2.26. The Balaban J connectivity index is 2.81. The summed E-state index contributed by atoms with van der Waals surface area (Å²) in [5.41, 5.74) is 0.813. The lowest BCUT2D eigenvalue weighted by Gasteiger charge is -2.15. The third-order valence-corrected chi connectivity index (χ3v) is 3.83. The molecule has 0 saturated heterocycles. The molecule has 0 spiro atoms. The van der Waals surface area contributed by atoms with Crippen molar-refractivity contribution in [3.63, 3.8) is 0 Å². The van der Waals surface area contributed by atoms with E-state index in [2.05, 4.69) is 0 Å². The summed E-state index contributed by atoms with van der Waals surface area (Å²) in [7, 11) is -0.495. The molecule has 1 aromatic carbocycles. The molecule has 0 heterocycles. The van der Waals surface area contributed by atoms with Crippen molar-refractivity contribution in [2.75, 3.05) is 19.9 Å². The van der Waals surface area contributed by atoms with Crippen LogP contribution in [0.5, 0.6) is 5.75 Å². The van der Waals surface area contributed by atoms with Crippen molar-refractivity contribution in [3.8, 4) is 11.8 Å². The Kier molecular flexibility index (Phi) is 4.49. The van der Waals surface area contributed by atoms with Gasteiger partial charge in [0.25, 0.3) is 0 Å². The van der Waals surface area contributed by atoms with Gasteiger partial charge < -0.3 is 4.74 Å². The summed E-state index contributed by atoms with van der Waals surface area (Å²) in [6.07, 6.45) is 0. The number of rotatable bonds is 5. The number of methoxy groups -OCH3 is 1.